The lowest BCUT2D eigenvalue weighted by Crippen LogP contribution is -1.99. The maximum atomic E-state index is 4.52. The molecule has 0 amide bonds. The van der Waals surface area contributed by atoms with Gasteiger partial charge in [-0.1, -0.05) is 17.8 Å². The van der Waals surface area contributed by atoms with Crippen LogP contribution in [0.5, 0.6) is 0 Å². The van der Waals surface area contributed by atoms with Gasteiger partial charge in [0.05, 0.1) is 5.69 Å². The summed E-state index contributed by atoms with van der Waals surface area (Å²) in [7, 11) is 1.95. The van der Waals surface area contributed by atoms with Crippen molar-refractivity contribution < 1.29 is 0 Å². The van der Waals surface area contributed by atoms with Crippen molar-refractivity contribution in [1.82, 2.24) is 14.8 Å². The van der Waals surface area contributed by atoms with Crippen molar-refractivity contribution in [3.8, 4) is 0 Å². The van der Waals surface area contributed by atoms with E-state index in [1.807, 2.05) is 36.9 Å². The van der Waals surface area contributed by atoms with Gasteiger partial charge < -0.3 is 5.32 Å². The molecule has 0 unspecified atom stereocenters. The van der Waals surface area contributed by atoms with Gasteiger partial charge in [-0.05, 0) is 32.0 Å². The van der Waals surface area contributed by atoms with Crippen LogP contribution in [0.1, 0.15) is 12.6 Å². The molecule has 5 heteroatoms. The zero-order valence-electron chi connectivity index (χ0n) is 10.3. The molecule has 90 valence electrons. The number of aromatic nitrogens is 3. The van der Waals surface area contributed by atoms with Gasteiger partial charge in [-0.15, -0.1) is 0 Å². The lowest BCUT2D eigenvalue weighted by molar-refractivity contribution is 0.692. The first-order chi connectivity index (χ1) is 8.19. The summed E-state index contributed by atoms with van der Waals surface area (Å²) in [6, 6.07) is 8.05. The predicted molar refractivity (Wildman–Crippen MR) is 70.5 cm³/mol. The van der Waals surface area contributed by atoms with Gasteiger partial charge in [0.2, 0.25) is 0 Å². The predicted octanol–water partition coefficient (Wildman–Crippen LogP) is 2.71. The van der Waals surface area contributed by atoms with E-state index in [0.717, 1.165) is 28.1 Å². The molecule has 0 bridgehead atoms. The van der Waals surface area contributed by atoms with Crippen LogP contribution < -0.4 is 5.32 Å². The van der Waals surface area contributed by atoms with Crippen molar-refractivity contribution in [2.75, 3.05) is 11.9 Å². The van der Waals surface area contributed by atoms with Gasteiger partial charge in [-0.3, -0.25) is 4.68 Å². The van der Waals surface area contributed by atoms with Crippen LogP contribution in [0.15, 0.2) is 34.3 Å². The van der Waals surface area contributed by atoms with E-state index in [2.05, 4.69) is 28.4 Å². The Morgan fingerprint density at radius 1 is 1.41 bits per heavy atom. The normalized spacial score (nSPS) is 10.5. The average molecular weight is 248 g/mol. The Labute approximate surface area is 105 Å². The van der Waals surface area contributed by atoms with E-state index in [9.17, 15) is 0 Å². The van der Waals surface area contributed by atoms with Gasteiger partial charge in [0, 0.05) is 13.6 Å². The highest BCUT2D eigenvalue weighted by Crippen LogP contribution is 2.26. The Hall–Kier alpha value is -1.49. The van der Waals surface area contributed by atoms with E-state index < -0.39 is 0 Å². The number of rotatable bonds is 4. The number of anilines is 1. The van der Waals surface area contributed by atoms with Gasteiger partial charge in [0.15, 0.2) is 0 Å². The molecule has 0 saturated heterocycles. The topological polar surface area (TPSA) is 42.7 Å². The number of nitrogens with zero attached hydrogens (tertiary/aromatic N) is 3. The first-order valence-corrected chi connectivity index (χ1v) is 6.40. The van der Waals surface area contributed by atoms with Crippen LogP contribution in [0.3, 0.4) is 0 Å². The first kappa shape index (κ1) is 12.0. The monoisotopic (exact) mass is 248 g/mol. The third-order valence-electron chi connectivity index (χ3n) is 2.25. The van der Waals surface area contributed by atoms with Crippen LogP contribution in [0.4, 0.5) is 5.82 Å². The molecular weight excluding hydrogens is 232 g/mol. The molecule has 2 aromatic heterocycles. The fourth-order valence-corrected chi connectivity index (χ4v) is 2.45. The molecule has 2 rings (SSSR count). The Kier molecular flexibility index (Phi) is 3.68. The van der Waals surface area contributed by atoms with Crippen molar-refractivity contribution in [2.24, 2.45) is 7.05 Å². The maximum absolute atomic E-state index is 4.52. The van der Waals surface area contributed by atoms with E-state index in [1.54, 1.807) is 11.8 Å². The lowest BCUT2D eigenvalue weighted by atomic mass is 10.4. The molecule has 0 aliphatic heterocycles. The molecule has 17 heavy (non-hydrogen) atoms. The van der Waals surface area contributed by atoms with Crippen molar-refractivity contribution in [3.63, 3.8) is 0 Å². The standard InChI is InChI=1S/C12H16N4S/c1-4-13-10-6-5-7-11(14-10)17-12-8-9(2)15-16(12)3/h5-8H,4H2,1-3H3,(H,13,14). The lowest BCUT2D eigenvalue weighted by Gasteiger charge is -2.05. The minimum atomic E-state index is 0.881. The van der Waals surface area contributed by atoms with Gasteiger partial charge >= 0.3 is 0 Å². The van der Waals surface area contributed by atoms with Gasteiger partial charge in [0.25, 0.3) is 0 Å². The second-order valence-electron chi connectivity index (χ2n) is 3.74. The summed E-state index contributed by atoms with van der Waals surface area (Å²) in [5.74, 6) is 0.913. The van der Waals surface area contributed by atoms with Gasteiger partial charge in [0.1, 0.15) is 15.9 Å². The summed E-state index contributed by atoms with van der Waals surface area (Å²) >= 11 is 1.62. The number of hydrogen-bond donors (Lipinski definition) is 1. The fourth-order valence-electron chi connectivity index (χ4n) is 1.54. The zero-order valence-corrected chi connectivity index (χ0v) is 11.1. The summed E-state index contributed by atoms with van der Waals surface area (Å²) in [5, 5.41) is 9.60. The molecule has 2 aromatic rings. The molecule has 0 saturated carbocycles. The van der Waals surface area contributed by atoms with Crippen molar-refractivity contribution in [2.45, 2.75) is 23.9 Å². The number of pyridine rings is 1. The largest absolute Gasteiger partial charge is 0.370 e. The Balaban J connectivity index is 2.18. The van der Waals surface area contributed by atoms with Crippen LogP contribution in [0.25, 0.3) is 0 Å². The fraction of sp³-hybridized carbons (Fsp3) is 0.333. The van der Waals surface area contributed by atoms with E-state index in [0.29, 0.717) is 0 Å². The quantitative estimate of drug-likeness (QED) is 0.903. The first-order valence-electron chi connectivity index (χ1n) is 5.58. The van der Waals surface area contributed by atoms with Crippen LogP contribution in [-0.2, 0) is 7.05 Å². The molecule has 4 nitrogen and oxygen atoms in total. The molecule has 0 fully saturated rings. The van der Waals surface area contributed by atoms with Crippen molar-refractivity contribution in [3.05, 3.63) is 30.0 Å². The Morgan fingerprint density at radius 2 is 2.24 bits per heavy atom. The Morgan fingerprint density at radius 3 is 2.88 bits per heavy atom. The third kappa shape index (κ3) is 3.00. The molecular formula is C12H16N4S. The van der Waals surface area contributed by atoms with E-state index >= 15 is 0 Å². The highest BCUT2D eigenvalue weighted by atomic mass is 32.2. The van der Waals surface area contributed by atoms with Crippen molar-refractivity contribution in [1.29, 1.82) is 0 Å². The van der Waals surface area contributed by atoms with E-state index in [1.165, 1.54) is 0 Å². The number of nitrogens with one attached hydrogen (secondary N) is 1. The number of aryl methyl sites for hydroxylation is 2. The molecule has 0 atom stereocenters. The van der Waals surface area contributed by atoms with Crippen LogP contribution in [0, 0.1) is 6.92 Å². The van der Waals surface area contributed by atoms with Crippen LogP contribution in [-0.4, -0.2) is 21.3 Å². The highest BCUT2D eigenvalue weighted by Gasteiger charge is 2.05. The van der Waals surface area contributed by atoms with Crippen LogP contribution >= 0.6 is 11.8 Å². The highest BCUT2D eigenvalue weighted by molar-refractivity contribution is 7.99. The van der Waals surface area contributed by atoms with Gasteiger partial charge in [-0.25, -0.2) is 4.98 Å². The van der Waals surface area contributed by atoms with Crippen LogP contribution in [0.2, 0.25) is 0 Å². The summed E-state index contributed by atoms with van der Waals surface area (Å²) in [6.07, 6.45) is 0. The molecule has 2 heterocycles. The molecule has 0 spiro atoms. The maximum Gasteiger partial charge on any atom is 0.127 e. The SMILES string of the molecule is CCNc1cccc(Sc2cc(C)nn2C)n1. The molecule has 0 aliphatic carbocycles. The average Bonchev–Trinajstić information content (AvgIpc) is 2.58. The van der Waals surface area contributed by atoms with Gasteiger partial charge in [-0.2, -0.15) is 5.10 Å². The Bertz CT molecular complexity index is 507. The summed E-state index contributed by atoms with van der Waals surface area (Å²) in [4.78, 5) is 4.52. The smallest absolute Gasteiger partial charge is 0.127 e. The number of hydrogen-bond acceptors (Lipinski definition) is 4. The molecule has 0 aliphatic rings. The second-order valence-corrected chi connectivity index (χ2v) is 4.78. The zero-order chi connectivity index (χ0) is 12.3. The molecule has 0 radical (unpaired) electrons. The molecule has 0 aromatic carbocycles. The third-order valence-corrected chi connectivity index (χ3v) is 3.28. The van der Waals surface area contributed by atoms with E-state index in [-0.39, 0.29) is 0 Å². The minimum Gasteiger partial charge on any atom is -0.370 e. The van der Waals surface area contributed by atoms with E-state index in [4.69, 9.17) is 0 Å². The molecule has 1 N–H and O–H groups in total. The second kappa shape index (κ2) is 5.23. The summed E-state index contributed by atoms with van der Waals surface area (Å²) < 4.78 is 1.88. The summed E-state index contributed by atoms with van der Waals surface area (Å²) in [6.45, 7) is 4.93. The minimum absolute atomic E-state index is 0.881. The van der Waals surface area contributed by atoms with Crippen molar-refractivity contribution >= 4 is 17.6 Å². The summed E-state index contributed by atoms with van der Waals surface area (Å²) in [5.41, 5.74) is 1.03.